The molecule has 2 rings (SSSR count). The Kier molecular flexibility index (Phi) is 6.09. The predicted molar refractivity (Wildman–Crippen MR) is 91.9 cm³/mol. The molecule has 7 nitrogen and oxygen atoms in total. The first-order chi connectivity index (χ1) is 11.7. The number of methoxy groups -OCH3 is 1. The van der Waals surface area contributed by atoms with Crippen LogP contribution in [0.25, 0.3) is 0 Å². The Labute approximate surface area is 152 Å². The molecule has 1 aromatic carbocycles. The first-order valence-electron chi connectivity index (χ1n) is 6.98. The average molecular weight is 432 g/mol. The standard InChI is InChI=1S/C15H15BrFN3O4S/c1-24-12-5-10(17)6-13(8-12)25(22,23)20-15(21)14(18)7-11-4-9(16)2-3-19-11/h2-6,8,14H,7,18H2,1H3,(H,20,21)/t14-/m0/s1. The number of hydrogen-bond donors (Lipinski definition) is 2. The van der Waals surface area contributed by atoms with Gasteiger partial charge in [0.25, 0.3) is 15.9 Å². The molecule has 0 aliphatic rings. The van der Waals surface area contributed by atoms with Gasteiger partial charge >= 0.3 is 0 Å². The van der Waals surface area contributed by atoms with Crippen LogP contribution in [0.5, 0.6) is 5.75 Å². The zero-order valence-electron chi connectivity index (χ0n) is 13.1. The zero-order valence-corrected chi connectivity index (χ0v) is 15.5. The Hall–Kier alpha value is -2.04. The molecule has 1 amide bonds. The van der Waals surface area contributed by atoms with Crippen LogP contribution in [0.2, 0.25) is 0 Å². The number of nitrogens with zero attached hydrogens (tertiary/aromatic N) is 1. The number of pyridine rings is 1. The van der Waals surface area contributed by atoms with Crippen molar-refractivity contribution in [1.29, 1.82) is 0 Å². The summed E-state index contributed by atoms with van der Waals surface area (Å²) < 4.78 is 45.4. The highest BCUT2D eigenvalue weighted by Gasteiger charge is 2.24. The lowest BCUT2D eigenvalue weighted by Gasteiger charge is -2.13. The molecule has 0 unspecified atom stereocenters. The molecule has 0 fully saturated rings. The van der Waals surface area contributed by atoms with Crippen LogP contribution < -0.4 is 15.2 Å². The third-order valence-corrected chi connectivity index (χ3v) is 4.99. The summed E-state index contributed by atoms with van der Waals surface area (Å²) in [6.07, 6.45) is 1.56. The van der Waals surface area contributed by atoms with Gasteiger partial charge in [-0.1, -0.05) is 15.9 Å². The van der Waals surface area contributed by atoms with E-state index in [1.54, 1.807) is 12.1 Å². The number of sulfonamides is 1. The monoisotopic (exact) mass is 431 g/mol. The first-order valence-corrected chi connectivity index (χ1v) is 9.26. The van der Waals surface area contributed by atoms with Gasteiger partial charge in [0.1, 0.15) is 11.6 Å². The molecule has 10 heteroatoms. The Bertz CT molecular complexity index is 892. The van der Waals surface area contributed by atoms with Crippen molar-refractivity contribution in [3.8, 4) is 5.75 Å². The lowest BCUT2D eigenvalue weighted by Crippen LogP contribution is -2.44. The molecule has 0 aliphatic carbocycles. The smallest absolute Gasteiger partial charge is 0.264 e. The maximum atomic E-state index is 13.5. The van der Waals surface area contributed by atoms with E-state index in [1.165, 1.54) is 13.3 Å². The van der Waals surface area contributed by atoms with Gasteiger partial charge in [0.2, 0.25) is 0 Å². The fourth-order valence-electron chi connectivity index (χ4n) is 1.96. The summed E-state index contributed by atoms with van der Waals surface area (Å²) in [6, 6.07) is 5.12. The number of amides is 1. The number of rotatable bonds is 6. The molecule has 0 aliphatic heterocycles. The molecule has 0 saturated carbocycles. The van der Waals surface area contributed by atoms with Crippen molar-refractivity contribution in [1.82, 2.24) is 9.71 Å². The second-order valence-electron chi connectivity index (χ2n) is 5.07. The quantitative estimate of drug-likeness (QED) is 0.714. The van der Waals surface area contributed by atoms with Gasteiger partial charge in [0.05, 0.1) is 18.0 Å². The maximum Gasteiger partial charge on any atom is 0.264 e. The van der Waals surface area contributed by atoms with Crippen LogP contribution in [0, 0.1) is 5.82 Å². The van der Waals surface area contributed by atoms with E-state index < -0.39 is 32.7 Å². The Morgan fingerprint density at radius 3 is 2.76 bits per heavy atom. The van der Waals surface area contributed by atoms with Crippen molar-refractivity contribution in [2.24, 2.45) is 5.73 Å². The Balaban J connectivity index is 2.14. The van der Waals surface area contributed by atoms with Gasteiger partial charge in [0.15, 0.2) is 0 Å². The molecule has 3 N–H and O–H groups in total. The number of halogens is 2. The Morgan fingerprint density at radius 1 is 1.40 bits per heavy atom. The van der Waals surface area contributed by atoms with Crippen molar-refractivity contribution >= 4 is 31.9 Å². The molecule has 1 heterocycles. The van der Waals surface area contributed by atoms with Crippen LogP contribution in [0.3, 0.4) is 0 Å². The van der Waals surface area contributed by atoms with Gasteiger partial charge < -0.3 is 10.5 Å². The molecule has 25 heavy (non-hydrogen) atoms. The van der Waals surface area contributed by atoms with Crippen LogP contribution in [0.1, 0.15) is 5.69 Å². The average Bonchev–Trinajstić information content (AvgIpc) is 2.53. The molecular weight excluding hydrogens is 417 g/mol. The predicted octanol–water partition coefficient (Wildman–Crippen LogP) is 1.37. The van der Waals surface area contributed by atoms with Gasteiger partial charge in [-0.25, -0.2) is 17.5 Å². The van der Waals surface area contributed by atoms with Gasteiger partial charge in [-0.05, 0) is 18.2 Å². The summed E-state index contributed by atoms with van der Waals surface area (Å²) >= 11 is 3.26. The molecule has 0 bridgehead atoms. The highest BCUT2D eigenvalue weighted by atomic mass is 79.9. The minimum atomic E-state index is -4.29. The number of aromatic nitrogens is 1. The lowest BCUT2D eigenvalue weighted by atomic mass is 10.1. The lowest BCUT2D eigenvalue weighted by molar-refractivity contribution is -0.120. The summed E-state index contributed by atoms with van der Waals surface area (Å²) in [7, 11) is -3.02. The summed E-state index contributed by atoms with van der Waals surface area (Å²) in [5, 5.41) is 0. The van der Waals surface area contributed by atoms with Crippen LogP contribution in [-0.4, -0.2) is 32.5 Å². The van der Waals surface area contributed by atoms with E-state index in [9.17, 15) is 17.6 Å². The number of carbonyl (C=O) groups is 1. The number of nitrogens with one attached hydrogen (secondary N) is 1. The molecule has 0 spiro atoms. The Morgan fingerprint density at radius 2 is 2.12 bits per heavy atom. The van der Waals surface area contributed by atoms with E-state index in [1.807, 2.05) is 4.72 Å². The van der Waals surface area contributed by atoms with E-state index >= 15 is 0 Å². The number of carbonyl (C=O) groups excluding carboxylic acids is 1. The third-order valence-electron chi connectivity index (χ3n) is 3.17. The van der Waals surface area contributed by atoms with Crippen molar-refractivity contribution in [2.75, 3.05) is 7.11 Å². The van der Waals surface area contributed by atoms with E-state index in [2.05, 4.69) is 20.9 Å². The van der Waals surface area contributed by atoms with Gasteiger partial charge in [-0.15, -0.1) is 0 Å². The van der Waals surface area contributed by atoms with Gasteiger partial charge in [0, 0.05) is 34.9 Å². The maximum absolute atomic E-state index is 13.5. The molecule has 2 aromatic rings. The summed E-state index contributed by atoms with van der Waals surface area (Å²) in [5.74, 6) is -1.73. The SMILES string of the molecule is COc1cc(F)cc(S(=O)(=O)NC(=O)[C@@H](N)Cc2cc(Br)ccn2)c1. The summed E-state index contributed by atoms with van der Waals surface area (Å²) in [5.41, 5.74) is 6.26. The van der Waals surface area contributed by atoms with Gasteiger partial charge in [-0.3, -0.25) is 9.78 Å². The van der Waals surface area contributed by atoms with Crippen molar-refractivity contribution in [2.45, 2.75) is 17.4 Å². The fourth-order valence-corrected chi connectivity index (χ4v) is 3.41. The number of ether oxygens (including phenoxy) is 1. The topological polar surface area (TPSA) is 111 Å². The van der Waals surface area contributed by atoms with Crippen LogP contribution >= 0.6 is 15.9 Å². The molecule has 1 atom stereocenters. The number of nitrogens with two attached hydrogens (primary N) is 1. The van der Waals surface area contributed by atoms with Crippen LogP contribution in [-0.2, 0) is 21.2 Å². The third kappa shape index (κ3) is 5.21. The summed E-state index contributed by atoms with van der Waals surface area (Å²) in [4.78, 5) is 15.7. The van der Waals surface area contributed by atoms with Crippen LogP contribution in [0.4, 0.5) is 4.39 Å². The highest BCUT2D eigenvalue weighted by molar-refractivity contribution is 9.10. The minimum Gasteiger partial charge on any atom is -0.497 e. The normalized spacial score (nSPS) is 12.5. The van der Waals surface area contributed by atoms with E-state index in [-0.39, 0.29) is 12.2 Å². The van der Waals surface area contributed by atoms with Crippen LogP contribution in [0.15, 0.2) is 45.9 Å². The second-order valence-corrected chi connectivity index (χ2v) is 7.67. The molecule has 1 aromatic heterocycles. The molecule has 0 saturated heterocycles. The molecular formula is C15H15BrFN3O4S. The number of benzene rings is 1. The molecule has 134 valence electrons. The molecule has 0 radical (unpaired) electrons. The minimum absolute atomic E-state index is 0.00968. The van der Waals surface area contributed by atoms with Crippen molar-refractivity contribution in [3.05, 3.63) is 52.5 Å². The second kappa shape index (κ2) is 7.89. The zero-order chi connectivity index (χ0) is 18.6. The summed E-state index contributed by atoms with van der Waals surface area (Å²) in [6.45, 7) is 0. The van der Waals surface area contributed by atoms with Gasteiger partial charge in [-0.2, -0.15) is 0 Å². The fraction of sp³-hybridized carbons (Fsp3) is 0.200. The number of hydrogen-bond acceptors (Lipinski definition) is 6. The van der Waals surface area contributed by atoms with E-state index in [0.29, 0.717) is 5.69 Å². The highest BCUT2D eigenvalue weighted by Crippen LogP contribution is 2.19. The largest absolute Gasteiger partial charge is 0.497 e. The first kappa shape index (κ1) is 19.3. The van der Waals surface area contributed by atoms with E-state index in [4.69, 9.17) is 10.5 Å². The van der Waals surface area contributed by atoms with Crippen molar-refractivity contribution in [3.63, 3.8) is 0 Å². The van der Waals surface area contributed by atoms with Crippen molar-refractivity contribution < 1.29 is 22.3 Å². The van der Waals surface area contributed by atoms with E-state index in [0.717, 1.165) is 22.7 Å².